The Labute approximate surface area is 174 Å². The highest BCUT2D eigenvalue weighted by Crippen LogP contribution is 2.30. The van der Waals surface area contributed by atoms with Gasteiger partial charge in [-0.05, 0) is 30.7 Å². The summed E-state index contributed by atoms with van der Waals surface area (Å²) in [7, 11) is 2.99. The largest absolute Gasteiger partial charge is 0.493 e. The highest BCUT2D eigenvalue weighted by Gasteiger charge is 2.16. The average molecular weight is 409 g/mol. The van der Waals surface area contributed by atoms with Crippen molar-refractivity contribution in [2.75, 3.05) is 26.1 Å². The first kappa shape index (κ1) is 20.8. The maximum Gasteiger partial charge on any atom is 0.277 e. The van der Waals surface area contributed by atoms with Crippen molar-refractivity contribution in [3.05, 3.63) is 65.5 Å². The molecule has 2 aromatic carbocycles. The van der Waals surface area contributed by atoms with Gasteiger partial charge >= 0.3 is 0 Å². The number of carbonyl (C=O) groups excluding carboxylic acids is 2. The normalized spacial score (nSPS) is 10.4. The summed E-state index contributed by atoms with van der Waals surface area (Å²) in [5.41, 5.74) is 2.23. The minimum Gasteiger partial charge on any atom is -0.493 e. The number of carbonyl (C=O) groups is 2. The van der Waals surface area contributed by atoms with E-state index in [0.717, 1.165) is 11.3 Å². The summed E-state index contributed by atoms with van der Waals surface area (Å²) >= 11 is 0. The second kappa shape index (κ2) is 9.55. The molecule has 0 aliphatic carbocycles. The van der Waals surface area contributed by atoms with Crippen molar-refractivity contribution in [3.63, 3.8) is 0 Å². The molecule has 3 aromatic rings. The van der Waals surface area contributed by atoms with Crippen LogP contribution >= 0.6 is 0 Å². The Morgan fingerprint density at radius 1 is 1.03 bits per heavy atom. The Bertz CT molecular complexity index is 1050. The zero-order valence-electron chi connectivity index (χ0n) is 17.0. The highest BCUT2D eigenvalue weighted by molar-refractivity contribution is 6.03. The van der Waals surface area contributed by atoms with Crippen molar-refractivity contribution in [1.82, 2.24) is 20.3 Å². The van der Waals surface area contributed by atoms with Gasteiger partial charge in [0.1, 0.15) is 0 Å². The monoisotopic (exact) mass is 409 g/mol. The maximum absolute atomic E-state index is 12.5. The van der Waals surface area contributed by atoms with Crippen LogP contribution in [-0.4, -0.2) is 47.6 Å². The third kappa shape index (κ3) is 4.75. The predicted octanol–water partition coefficient (Wildman–Crippen LogP) is 2.29. The third-order valence-corrected chi connectivity index (χ3v) is 4.44. The van der Waals surface area contributed by atoms with Crippen LogP contribution in [-0.2, 0) is 6.54 Å². The Balaban J connectivity index is 1.56. The fraction of sp³-hybridized carbons (Fsp3) is 0.238. The molecule has 0 saturated heterocycles. The van der Waals surface area contributed by atoms with E-state index in [-0.39, 0.29) is 17.5 Å². The van der Waals surface area contributed by atoms with Crippen molar-refractivity contribution in [1.29, 1.82) is 0 Å². The summed E-state index contributed by atoms with van der Waals surface area (Å²) in [6.45, 7) is 2.55. The van der Waals surface area contributed by atoms with E-state index in [2.05, 4.69) is 20.9 Å². The number of aromatic nitrogens is 3. The number of aryl methyl sites for hydroxylation is 1. The number of amides is 2. The molecular formula is C21H23N5O4. The van der Waals surface area contributed by atoms with Crippen LogP contribution < -0.4 is 20.1 Å². The number of methoxy groups -OCH3 is 2. The van der Waals surface area contributed by atoms with E-state index in [1.165, 1.54) is 25.1 Å². The smallest absolute Gasteiger partial charge is 0.277 e. The summed E-state index contributed by atoms with van der Waals surface area (Å²) in [6.07, 6.45) is 1.53. The van der Waals surface area contributed by atoms with Gasteiger partial charge in [-0.1, -0.05) is 29.5 Å². The number of ether oxygens (including phenoxy) is 2. The molecule has 0 radical (unpaired) electrons. The van der Waals surface area contributed by atoms with Crippen LogP contribution in [0.4, 0.5) is 5.69 Å². The molecule has 3 rings (SSSR count). The number of hydrogen-bond donors (Lipinski definition) is 2. The van der Waals surface area contributed by atoms with Crippen molar-refractivity contribution >= 4 is 17.5 Å². The van der Waals surface area contributed by atoms with Crippen molar-refractivity contribution in [2.24, 2.45) is 0 Å². The third-order valence-electron chi connectivity index (χ3n) is 4.44. The lowest BCUT2D eigenvalue weighted by Gasteiger charge is -2.12. The van der Waals surface area contributed by atoms with Crippen molar-refractivity contribution in [3.8, 4) is 11.5 Å². The predicted molar refractivity (Wildman–Crippen MR) is 111 cm³/mol. The molecule has 1 aromatic heterocycles. The summed E-state index contributed by atoms with van der Waals surface area (Å²) in [4.78, 5) is 24.8. The van der Waals surface area contributed by atoms with Gasteiger partial charge in [0, 0.05) is 12.2 Å². The number of nitrogens with one attached hydrogen (secondary N) is 2. The number of nitrogens with zero attached hydrogens (tertiary/aromatic N) is 3. The van der Waals surface area contributed by atoms with Crippen LogP contribution in [0.3, 0.4) is 0 Å². The van der Waals surface area contributed by atoms with E-state index in [0.29, 0.717) is 30.2 Å². The molecule has 2 N–H and O–H groups in total. The molecule has 30 heavy (non-hydrogen) atoms. The minimum atomic E-state index is -0.347. The molecule has 0 spiro atoms. The zero-order chi connectivity index (χ0) is 21.5. The van der Waals surface area contributed by atoms with E-state index >= 15 is 0 Å². The first-order valence-electron chi connectivity index (χ1n) is 9.29. The standard InChI is InChI=1S/C21H23N5O4/c1-14-7-4-5-9-16(14)23-21(28)17-13-26(25-24-17)12-11-22-20(27)15-8-6-10-18(29-2)19(15)30-3/h4-10,13H,11-12H2,1-3H3,(H,22,27)(H,23,28). The lowest BCUT2D eigenvalue weighted by Crippen LogP contribution is -2.27. The molecule has 0 aliphatic heterocycles. The molecule has 0 atom stereocenters. The van der Waals surface area contributed by atoms with E-state index in [4.69, 9.17) is 9.47 Å². The van der Waals surface area contributed by atoms with Crippen molar-refractivity contribution in [2.45, 2.75) is 13.5 Å². The lowest BCUT2D eigenvalue weighted by atomic mass is 10.1. The fourth-order valence-electron chi connectivity index (χ4n) is 2.86. The maximum atomic E-state index is 12.5. The molecule has 0 aliphatic rings. The highest BCUT2D eigenvalue weighted by atomic mass is 16.5. The van der Waals surface area contributed by atoms with Crippen LogP contribution in [0.15, 0.2) is 48.7 Å². The Kier molecular flexibility index (Phi) is 6.63. The van der Waals surface area contributed by atoms with Gasteiger partial charge in [-0.2, -0.15) is 0 Å². The molecule has 9 nitrogen and oxygen atoms in total. The Hall–Kier alpha value is -3.88. The molecule has 0 fully saturated rings. The SMILES string of the molecule is COc1cccc(C(=O)NCCn2cc(C(=O)Nc3ccccc3C)nn2)c1OC. The molecular weight excluding hydrogens is 386 g/mol. The fourth-order valence-corrected chi connectivity index (χ4v) is 2.86. The summed E-state index contributed by atoms with van der Waals surface area (Å²) in [6, 6.07) is 12.6. The zero-order valence-corrected chi connectivity index (χ0v) is 17.0. The van der Waals surface area contributed by atoms with Gasteiger partial charge in [0.15, 0.2) is 17.2 Å². The molecule has 156 valence electrons. The number of benzene rings is 2. The molecule has 0 unspecified atom stereocenters. The number of para-hydroxylation sites is 2. The summed E-state index contributed by atoms with van der Waals surface area (Å²) in [5.74, 6) is 0.197. The number of hydrogen-bond acceptors (Lipinski definition) is 6. The first-order chi connectivity index (χ1) is 14.5. The number of anilines is 1. The molecule has 0 saturated carbocycles. The van der Waals surface area contributed by atoms with Gasteiger partial charge in [-0.25, -0.2) is 4.68 Å². The van der Waals surface area contributed by atoms with E-state index in [9.17, 15) is 9.59 Å². The van der Waals surface area contributed by atoms with Gasteiger partial charge in [0.25, 0.3) is 11.8 Å². The van der Waals surface area contributed by atoms with E-state index < -0.39 is 0 Å². The van der Waals surface area contributed by atoms with Crippen LogP contribution in [0.2, 0.25) is 0 Å². The van der Waals surface area contributed by atoms with E-state index in [1.807, 2.05) is 31.2 Å². The van der Waals surface area contributed by atoms with Crippen LogP contribution in [0, 0.1) is 6.92 Å². The van der Waals surface area contributed by atoms with Crippen LogP contribution in [0.5, 0.6) is 11.5 Å². The van der Waals surface area contributed by atoms with Gasteiger partial charge in [0.05, 0.1) is 32.5 Å². The quantitative estimate of drug-likeness (QED) is 0.591. The lowest BCUT2D eigenvalue weighted by molar-refractivity contribution is 0.0947. The Morgan fingerprint density at radius 3 is 2.57 bits per heavy atom. The topological polar surface area (TPSA) is 107 Å². The Morgan fingerprint density at radius 2 is 1.83 bits per heavy atom. The van der Waals surface area contributed by atoms with Crippen molar-refractivity contribution < 1.29 is 19.1 Å². The second-order valence-electron chi connectivity index (χ2n) is 6.43. The summed E-state index contributed by atoms with van der Waals surface area (Å²) < 4.78 is 12.0. The molecule has 2 amide bonds. The second-order valence-corrected chi connectivity index (χ2v) is 6.43. The van der Waals surface area contributed by atoms with Crippen LogP contribution in [0.25, 0.3) is 0 Å². The molecule has 1 heterocycles. The summed E-state index contributed by atoms with van der Waals surface area (Å²) in [5, 5.41) is 13.4. The molecule has 0 bridgehead atoms. The number of rotatable bonds is 8. The minimum absolute atomic E-state index is 0.194. The molecule has 9 heteroatoms. The van der Waals surface area contributed by atoms with Gasteiger partial charge in [0.2, 0.25) is 0 Å². The first-order valence-corrected chi connectivity index (χ1v) is 9.29. The average Bonchev–Trinajstić information content (AvgIpc) is 3.23. The van der Waals surface area contributed by atoms with Gasteiger partial charge in [-0.3, -0.25) is 9.59 Å². The van der Waals surface area contributed by atoms with Crippen LogP contribution in [0.1, 0.15) is 26.4 Å². The van der Waals surface area contributed by atoms with E-state index in [1.54, 1.807) is 18.2 Å². The van der Waals surface area contributed by atoms with Gasteiger partial charge < -0.3 is 20.1 Å². The van der Waals surface area contributed by atoms with Gasteiger partial charge in [-0.15, -0.1) is 5.10 Å².